The Kier molecular flexibility index (Phi) is 3.79. The first-order valence-electron chi connectivity index (χ1n) is 4.94. The lowest BCUT2D eigenvalue weighted by molar-refractivity contribution is 0.102. The minimum Gasteiger partial charge on any atom is -0.319 e. The van der Waals surface area contributed by atoms with Gasteiger partial charge in [-0.05, 0) is 24.3 Å². The Balaban J connectivity index is 2.22. The van der Waals surface area contributed by atoms with Gasteiger partial charge in [-0.25, -0.2) is 4.39 Å². The van der Waals surface area contributed by atoms with Gasteiger partial charge < -0.3 is 5.32 Å². The number of anilines is 1. The Hall–Kier alpha value is -1.65. The van der Waals surface area contributed by atoms with Crippen molar-refractivity contribution in [3.05, 3.63) is 58.1 Å². The fourth-order valence-electron chi connectivity index (χ4n) is 1.30. The lowest BCUT2D eigenvalue weighted by Crippen LogP contribution is -2.12. The minimum absolute atomic E-state index is 0.111. The summed E-state index contributed by atoms with van der Waals surface area (Å²) in [6.07, 6.45) is 2.93. The first-order chi connectivity index (χ1) is 8.58. The summed E-state index contributed by atoms with van der Waals surface area (Å²) in [4.78, 5) is 15.7. The summed E-state index contributed by atoms with van der Waals surface area (Å²) >= 11 is 11.5. The van der Waals surface area contributed by atoms with Gasteiger partial charge in [-0.3, -0.25) is 9.78 Å². The molecule has 0 spiro atoms. The molecule has 0 bridgehead atoms. The van der Waals surface area contributed by atoms with Crippen molar-refractivity contribution in [2.24, 2.45) is 0 Å². The molecule has 0 saturated heterocycles. The van der Waals surface area contributed by atoms with Gasteiger partial charge in [0.05, 0.1) is 21.9 Å². The first-order valence-corrected chi connectivity index (χ1v) is 5.69. The average molecular weight is 285 g/mol. The number of hydrogen-bond acceptors (Lipinski definition) is 2. The second kappa shape index (κ2) is 5.33. The van der Waals surface area contributed by atoms with E-state index < -0.39 is 11.7 Å². The molecule has 1 N–H and O–H groups in total. The fraction of sp³-hybridized carbons (Fsp3) is 0. The largest absolute Gasteiger partial charge is 0.319 e. The van der Waals surface area contributed by atoms with E-state index in [1.807, 2.05) is 0 Å². The summed E-state index contributed by atoms with van der Waals surface area (Å²) in [5.41, 5.74) is 0.617. The molecule has 92 valence electrons. The molecule has 0 radical (unpaired) electrons. The maximum atomic E-state index is 13.0. The number of hydrogen-bond donors (Lipinski definition) is 1. The number of aromatic nitrogens is 1. The summed E-state index contributed by atoms with van der Waals surface area (Å²) in [5.74, 6) is -1.01. The SMILES string of the molecule is O=C(Nc1cnccc1Cl)c1ccc(F)c(Cl)c1. The van der Waals surface area contributed by atoms with Crippen molar-refractivity contribution in [3.8, 4) is 0 Å². The maximum absolute atomic E-state index is 13.0. The second-order valence-corrected chi connectivity index (χ2v) is 4.25. The van der Waals surface area contributed by atoms with Crippen molar-refractivity contribution < 1.29 is 9.18 Å². The van der Waals surface area contributed by atoms with Crippen molar-refractivity contribution in [1.29, 1.82) is 0 Å². The van der Waals surface area contributed by atoms with Crippen LogP contribution in [0.25, 0.3) is 0 Å². The van der Waals surface area contributed by atoms with Gasteiger partial charge in [-0.2, -0.15) is 0 Å². The average Bonchev–Trinajstić information content (AvgIpc) is 2.35. The van der Waals surface area contributed by atoms with E-state index in [0.717, 1.165) is 6.07 Å². The predicted octanol–water partition coefficient (Wildman–Crippen LogP) is 3.78. The highest BCUT2D eigenvalue weighted by Crippen LogP contribution is 2.21. The van der Waals surface area contributed by atoms with Crippen molar-refractivity contribution >= 4 is 34.8 Å². The molecular weight excluding hydrogens is 278 g/mol. The molecule has 0 fully saturated rings. The number of benzene rings is 1. The van der Waals surface area contributed by atoms with Gasteiger partial charge >= 0.3 is 0 Å². The highest BCUT2D eigenvalue weighted by Gasteiger charge is 2.10. The quantitative estimate of drug-likeness (QED) is 0.912. The zero-order chi connectivity index (χ0) is 13.1. The molecule has 3 nitrogen and oxygen atoms in total. The van der Waals surface area contributed by atoms with E-state index in [-0.39, 0.29) is 10.6 Å². The van der Waals surface area contributed by atoms with Gasteiger partial charge in [-0.1, -0.05) is 23.2 Å². The molecule has 1 heterocycles. The normalized spacial score (nSPS) is 10.2. The lowest BCUT2D eigenvalue weighted by atomic mass is 10.2. The highest BCUT2D eigenvalue weighted by molar-refractivity contribution is 6.34. The molecule has 0 saturated carbocycles. The number of rotatable bonds is 2. The zero-order valence-corrected chi connectivity index (χ0v) is 10.5. The third-order valence-electron chi connectivity index (χ3n) is 2.20. The van der Waals surface area contributed by atoms with Crippen LogP contribution in [0.5, 0.6) is 0 Å². The van der Waals surface area contributed by atoms with Gasteiger partial charge in [0.25, 0.3) is 5.91 Å². The van der Waals surface area contributed by atoms with Crippen LogP contribution in [-0.2, 0) is 0 Å². The number of halogens is 3. The van der Waals surface area contributed by atoms with Crippen LogP contribution in [0.15, 0.2) is 36.7 Å². The van der Waals surface area contributed by atoms with Gasteiger partial charge in [0, 0.05) is 11.8 Å². The van der Waals surface area contributed by atoms with E-state index in [1.165, 1.54) is 24.5 Å². The van der Waals surface area contributed by atoms with Gasteiger partial charge in [0.2, 0.25) is 0 Å². The molecule has 0 unspecified atom stereocenters. The van der Waals surface area contributed by atoms with Crippen LogP contribution in [0.4, 0.5) is 10.1 Å². The van der Waals surface area contributed by atoms with E-state index in [9.17, 15) is 9.18 Å². The summed E-state index contributed by atoms with van der Waals surface area (Å²) < 4.78 is 13.0. The van der Waals surface area contributed by atoms with Crippen molar-refractivity contribution in [2.75, 3.05) is 5.32 Å². The number of carbonyl (C=O) groups excluding carboxylic acids is 1. The lowest BCUT2D eigenvalue weighted by Gasteiger charge is -2.06. The number of pyridine rings is 1. The Morgan fingerprint density at radius 2 is 2.00 bits per heavy atom. The molecule has 18 heavy (non-hydrogen) atoms. The maximum Gasteiger partial charge on any atom is 0.255 e. The smallest absolute Gasteiger partial charge is 0.255 e. The Morgan fingerprint density at radius 1 is 1.22 bits per heavy atom. The minimum atomic E-state index is -0.576. The van der Waals surface area contributed by atoms with Crippen LogP contribution in [0.3, 0.4) is 0 Å². The van der Waals surface area contributed by atoms with Crippen molar-refractivity contribution in [2.45, 2.75) is 0 Å². The third kappa shape index (κ3) is 2.78. The van der Waals surface area contributed by atoms with Gasteiger partial charge in [0.15, 0.2) is 0 Å². The molecule has 6 heteroatoms. The van der Waals surface area contributed by atoms with E-state index in [2.05, 4.69) is 10.3 Å². The van der Waals surface area contributed by atoms with Crippen LogP contribution in [0, 0.1) is 5.82 Å². The summed E-state index contributed by atoms with van der Waals surface area (Å²) in [6, 6.07) is 5.26. The number of amides is 1. The van der Waals surface area contributed by atoms with E-state index in [4.69, 9.17) is 23.2 Å². The molecule has 1 aromatic heterocycles. The highest BCUT2D eigenvalue weighted by atomic mass is 35.5. The third-order valence-corrected chi connectivity index (χ3v) is 2.82. The van der Waals surface area contributed by atoms with Crippen molar-refractivity contribution in [3.63, 3.8) is 0 Å². The van der Waals surface area contributed by atoms with Crippen LogP contribution in [-0.4, -0.2) is 10.9 Å². The summed E-state index contributed by atoms with van der Waals surface area (Å²) in [6.45, 7) is 0. The number of nitrogens with one attached hydrogen (secondary N) is 1. The van der Waals surface area contributed by atoms with E-state index in [0.29, 0.717) is 10.7 Å². The Labute approximate surface area is 113 Å². The van der Waals surface area contributed by atoms with E-state index in [1.54, 1.807) is 6.07 Å². The Bertz CT molecular complexity index is 604. The van der Waals surface area contributed by atoms with Crippen LogP contribution >= 0.6 is 23.2 Å². The molecule has 0 aliphatic rings. The number of carbonyl (C=O) groups is 1. The first kappa shape index (κ1) is 12.8. The zero-order valence-electron chi connectivity index (χ0n) is 8.95. The topological polar surface area (TPSA) is 42.0 Å². The van der Waals surface area contributed by atoms with Gasteiger partial charge in [0.1, 0.15) is 5.82 Å². The molecule has 0 aliphatic heterocycles. The molecule has 0 atom stereocenters. The summed E-state index contributed by atoms with van der Waals surface area (Å²) in [7, 11) is 0. The van der Waals surface area contributed by atoms with Gasteiger partial charge in [-0.15, -0.1) is 0 Å². The van der Waals surface area contributed by atoms with Crippen LogP contribution in [0.1, 0.15) is 10.4 Å². The molecule has 2 aromatic rings. The summed E-state index contributed by atoms with van der Waals surface area (Å²) in [5, 5.41) is 2.81. The second-order valence-electron chi connectivity index (χ2n) is 3.44. The van der Waals surface area contributed by atoms with Crippen molar-refractivity contribution in [1.82, 2.24) is 4.98 Å². The van der Waals surface area contributed by atoms with E-state index >= 15 is 0 Å². The molecule has 1 aromatic carbocycles. The molecule has 0 aliphatic carbocycles. The van der Waals surface area contributed by atoms with Crippen LogP contribution in [0.2, 0.25) is 10.0 Å². The molecule has 2 rings (SSSR count). The van der Waals surface area contributed by atoms with Crippen LogP contribution < -0.4 is 5.32 Å². The Morgan fingerprint density at radius 3 is 2.67 bits per heavy atom. The standard InChI is InChI=1S/C12H7Cl2FN2O/c13-8-3-4-16-6-11(8)17-12(18)7-1-2-10(15)9(14)5-7/h1-6H,(H,17,18). The number of nitrogens with zero attached hydrogens (tertiary/aromatic N) is 1. The fourth-order valence-corrected chi connectivity index (χ4v) is 1.63. The molecular formula is C12H7Cl2FN2O. The molecule has 1 amide bonds. The predicted molar refractivity (Wildman–Crippen MR) is 68.6 cm³/mol. The monoisotopic (exact) mass is 284 g/mol.